The minimum Gasteiger partial charge on any atom is -0.337 e. The minimum absolute atomic E-state index is 0.0185. The van der Waals surface area contributed by atoms with Gasteiger partial charge in [0.2, 0.25) is 5.91 Å². The second-order valence-electron chi connectivity index (χ2n) is 3.98. The quantitative estimate of drug-likeness (QED) is 0.628. The maximum Gasteiger partial charge on any atom is 0.219 e. The minimum atomic E-state index is -0.0185. The molecule has 0 atom stereocenters. The van der Waals surface area contributed by atoms with Gasteiger partial charge in [0, 0.05) is 19.0 Å². The van der Waals surface area contributed by atoms with E-state index in [2.05, 4.69) is 13.2 Å². The van der Waals surface area contributed by atoms with Crippen LogP contribution in [0.2, 0.25) is 0 Å². The van der Waals surface area contributed by atoms with Gasteiger partial charge in [-0.2, -0.15) is 0 Å². The molecule has 0 aromatic carbocycles. The Morgan fingerprint density at radius 1 is 1.43 bits per heavy atom. The van der Waals surface area contributed by atoms with Crippen molar-refractivity contribution in [3.8, 4) is 0 Å². The third kappa shape index (κ3) is 1.89. The van der Waals surface area contributed by atoms with Crippen molar-refractivity contribution >= 4 is 5.91 Å². The van der Waals surface area contributed by atoms with Gasteiger partial charge in [-0.3, -0.25) is 4.79 Å². The van der Waals surface area contributed by atoms with E-state index in [0.717, 1.165) is 32.2 Å². The summed E-state index contributed by atoms with van der Waals surface area (Å²) in [4.78, 5) is 13.5. The van der Waals surface area contributed by atoms with Crippen molar-refractivity contribution in [3.63, 3.8) is 0 Å². The zero-order chi connectivity index (χ0) is 10.6. The van der Waals surface area contributed by atoms with Crippen LogP contribution in [0.15, 0.2) is 25.3 Å². The van der Waals surface area contributed by atoms with Crippen LogP contribution in [0, 0.1) is 0 Å². The number of hydrogen-bond acceptors (Lipinski definition) is 1. The van der Waals surface area contributed by atoms with E-state index in [0.29, 0.717) is 0 Å². The Balaban J connectivity index is 2.87. The largest absolute Gasteiger partial charge is 0.337 e. The molecule has 0 spiro atoms. The highest BCUT2D eigenvalue weighted by molar-refractivity contribution is 5.74. The molecule has 1 rings (SSSR count). The van der Waals surface area contributed by atoms with E-state index in [9.17, 15) is 4.79 Å². The van der Waals surface area contributed by atoms with E-state index < -0.39 is 0 Å². The van der Waals surface area contributed by atoms with Gasteiger partial charge in [-0.05, 0) is 25.7 Å². The van der Waals surface area contributed by atoms with E-state index >= 15 is 0 Å². The first-order valence-electron chi connectivity index (χ1n) is 5.16. The van der Waals surface area contributed by atoms with E-state index in [1.165, 1.54) is 0 Å². The lowest BCUT2D eigenvalue weighted by Gasteiger charge is -2.36. The number of carbonyl (C=O) groups is 1. The number of amides is 1. The van der Waals surface area contributed by atoms with Gasteiger partial charge in [0.1, 0.15) is 0 Å². The molecule has 0 aromatic heterocycles. The van der Waals surface area contributed by atoms with Crippen LogP contribution in [0.25, 0.3) is 0 Å². The normalized spacial score (nSPS) is 19.4. The summed E-state index contributed by atoms with van der Waals surface area (Å²) in [6, 6.07) is 0. The molecular formula is C12H19NO. The second kappa shape index (κ2) is 4.45. The van der Waals surface area contributed by atoms with Crippen LogP contribution in [0.1, 0.15) is 32.6 Å². The van der Waals surface area contributed by atoms with Gasteiger partial charge in [-0.1, -0.05) is 12.2 Å². The van der Waals surface area contributed by atoms with Crippen LogP contribution in [-0.2, 0) is 4.79 Å². The van der Waals surface area contributed by atoms with Crippen molar-refractivity contribution in [2.45, 2.75) is 38.1 Å². The fourth-order valence-corrected chi connectivity index (χ4v) is 2.47. The third-order valence-corrected chi connectivity index (χ3v) is 3.03. The standard InChI is InChI=1S/C12H19NO/c1-4-7-12(8-5-2)9-6-10-13(12)11(3)14/h4-5H,1-2,6-10H2,3H3. The highest BCUT2D eigenvalue weighted by atomic mass is 16.2. The maximum absolute atomic E-state index is 11.5. The lowest BCUT2D eigenvalue weighted by Crippen LogP contribution is -2.45. The summed E-state index contributed by atoms with van der Waals surface area (Å²) in [6.07, 6.45) is 7.73. The first kappa shape index (κ1) is 11.0. The Morgan fingerprint density at radius 2 is 2.00 bits per heavy atom. The molecule has 1 heterocycles. The Kier molecular flexibility index (Phi) is 3.50. The monoisotopic (exact) mass is 193 g/mol. The van der Waals surface area contributed by atoms with Crippen LogP contribution in [0.5, 0.6) is 0 Å². The van der Waals surface area contributed by atoms with Gasteiger partial charge in [0.15, 0.2) is 0 Å². The molecule has 1 aliphatic heterocycles. The summed E-state index contributed by atoms with van der Waals surface area (Å²) in [6.45, 7) is 10.1. The Morgan fingerprint density at radius 3 is 2.43 bits per heavy atom. The predicted molar refractivity (Wildman–Crippen MR) is 59.0 cm³/mol. The van der Waals surface area contributed by atoms with Crippen molar-refractivity contribution in [2.24, 2.45) is 0 Å². The molecule has 1 amide bonds. The molecule has 1 fully saturated rings. The molecule has 0 aromatic rings. The molecule has 78 valence electrons. The molecule has 1 saturated heterocycles. The first-order valence-corrected chi connectivity index (χ1v) is 5.16. The molecule has 0 radical (unpaired) electrons. The molecule has 2 heteroatoms. The van der Waals surface area contributed by atoms with Crippen molar-refractivity contribution in [1.29, 1.82) is 0 Å². The average Bonchev–Trinajstić information content (AvgIpc) is 2.50. The van der Waals surface area contributed by atoms with E-state index in [1.807, 2.05) is 17.1 Å². The maximum atomic E-state index is 11.5. The number of hydrogen-bond donors (Lipinski definition) is 0. The summed E-state index contributed by atoms with van der Waals surface area (Å²) >= 11 is 0. The van der Waals surface area contributed by atoms with Gasteiger partial charge < -0.3 is 4.90 Å². The Labute approximate surface area is 86.3 Å². The van der Waals surface area contributed by atoms with Crippen molar-refractivity contribution < 1.29 is 4.79 Å². The van der Waals surface area contributed by atoms with Crippen LogP contribution < -0.4 is 0 Å². The molecule has 0 unspecified atom stereocenters. The predicted octanol–water partition coefficient (Wildman–Crippen LogP) is 2.52. The van der Waals surface area contributed by atoms with Crippen molar-refractivity contribution in [2.75, 3.05) is 6.54 Å². The Bertz CT molecular complexity index is 235. The average molecular weight is 193 g/mol. The molecular weight excluding hydrogens is 174 g/mol. The number of rotatable bonds is 4. The van der Waals surface area contributed by atoms with Crippen molar-refractivity contribution in [1.82, 2.24) is 4.90 Å². The molecule has 0 N–H and O–H groups in total. The molecule has 0 saturated carbocycles. The van der Waals surface area contributed by atoms with Crippen LogP contribution in [0.3, 0.4) is 0 Å². The molecule has 0 bridgehead atoms. The van der Waals surface area contributed by atoms with E-state index in [1.54, 1.807) is 6.92 Å². The topological polar surface area (TPSA) is 20.3 Å². The van der Waals surface area contributed by atoms with Crippen LogP contribution in [0.4, 0.5) is 0 Å². The molecule has 14 heavy (non-hydrogen) atoms. The first-order chi connectivity index (χ1) is 6.66. The fraction of sp³-hybridized carbons (Fsp3) is 0.583. The zero-order valence-electron chi connectivity index (χ0n) is 8.96. The number of likely N-dealkylation sites (tertiary alicyclic amines) is 1. The van der Waals surface area contributed by atoms with E-state index in [4.69, 9.17) is 0 Å². The summed E-state index contributed by atoms with van der Waals surface area (Å²) in [5.41, 5.74) is -0.0185. The lowest BCUT2D eigenvalue weighted by atomic mass is 9.88. The lowest BCUT2D eigenvalue weighted by molar-refractivity contribution is -0.132. The summed E-state index contributed by atoms with van der Waals surface area (Å²) in [5.74, 6) is 0.172. The molecule has 1 aliphatic rings. The van der Waals surface area contributed by atoms with Gasteiger partial charge in [-0.15, -0.1) is 13.2 Å². The van der Waals surface area contributed by atoms with Crippen LogP contribution in [-0.4, -0.2) is 22.9 Å². The third-order valence-electron chi connectivity index (χ3n) is 3.03. The fourth-order valence-electron chi connectivity index (χ4n) is 2.47. The number of carbonyl (C=O) groups excluding carboxylic acids is 1. The summed E-state index contributed by atoms with van der Waals surface area (Å²) in [5, 5.41) is 0. The van der Waals surface area contributed by atoms with Crippen LogP contribution >= 0.6 is 0 Å². The smallest absolute Gasteiger partial charge is 0.219 e. The number of nitrogens with zero attached hydrogens (tertiary/aromatic N) is 1. The summed E-state index contributed by atoms with van der Waals surface area (Å²) < 4.78 is 0. The van der Waals surface area contributed by atoms with E-state index in [-0.39, 0.29) is 11.4 Å². The van der Waals surface area contributed by atoms with Crippen molar-refractivity contribution in [3.05, 3.63) is 25.3 Å². The zero-order valence-corrected chi connectivity index (χ0v) is 8.96. The highest BCUT2D eigenvalue weighted by Crippen LogP contribution is 2.36. The highest BCUT2D eigenvalue weighted by Gasteiger charge is 2.39. The van der Waals surface area contributed by atoms with Gasteiger partial charge >= 0.3 is 0 Å². The Hall–Kier alpha value is -1.05. The molecule has 2 nitrogen and oxygen atoms in total. The molecule has 0 aliphatic carbocycles. The van der Waals surface area contributed by atoms with Gasteiger partial charge in [-0.25, -0.2) is 0 Å². The van der Waals surface area contributed by atoms with Gasteiger partial charge in [0.25, 0.3) is 0 Å². The SMILES string of the molecule is C=CCC1(CC=C)CCCN1C(C)=O. The summed E-state index contributed by atoms with van der Waals surface area (Å²) in [7, 11) is 0. The van der Waals surface area contributed by atoms with Gasteiger partial charge in [0.05, 0.1) is 0 Å². The second-order valence-corrected chi connectivity index (χ2v) is 3.98.